The van der Waals surface area contributed by atoms with Gasteiger partial charge in [-0.3, -0.25) is 9.69 Å². The van der Waals surface area contributed by atoms with Gasteiger partial charge in [-0.15, -0.1) is 0 Å². The third kappa shape index (κ3) is 5.37. The molecule has 0 aliphatic heterocycles. The summed E-state index contributed by atoms with van der Waals surface area (Å²) in [7, 11) is 5.50. The van der Waals surface area contributed by atoms with Crippen molar-refractivity contribution in [2.45, 2.75) is 32.9 Å². The van der Waals surface area contributed by atoms with Crippen molar-refractivity contribution in [2.24, 2.45) is 0 Å². The number of nitrogens with one attached hydrogen (secondary N) is 1. The fourth-order valence-corrected chi connectivity index (χ4v) is 3.55. The van der Waals surface area contributed by atoms with Gasteiger partial charge in [-0.25, -0.2) is 0 Å². The van der Waals surface area contributed by atoms with E-state index in [0.717, 1.165) is 22.7 Å². The number of hydrogen-bond acceptors (Lipinski definition) is 5. The number of aromatic nitrogens is 1. The molecule has 0 radical (unpaired) electrons. The fourth-order valence-electron chi connectivity index (χ4n) is 3.55. The van der Waals surface area contributed by atoms with Gasteiger partial charge in [0.15, 0.2) is 0 Å². The van der Waals surface area contributed by atoms with Crippen LogP contribution in [0.15, 0.2) is 34.5 Å². The molecule has 2 rings (SSSR count). The highest BCUT2D eigenvalue weighted by atomic mass is 16.5. The van der Waals surface area contributed by atoms with Crippen molar-refractivity contribution >= 4 is 12.0 Å². The minimum absolute atomic E-state index is 0.0709. The summed E-state index contributed by atoms with van der Waals surface area (Å²) in [6.45, 7) is 6.99. The molecule has 2 unspecified atom stereocenters. The minimum atomic E-state index is -0.402. The lowest BCUT2D eigenvalue weighted by Gasteiger charge is -2.22. The number of aryl methyl sites for hydroxylation is 1. The lowest BCUT2D eigenvalue weighted by atomic mass is 10.1. The van der Waals surface area contributed by atoms with Crippen molar-refractivity contribution in [1.82, 2.24) is 14.8 Å². The molecule has 2 aromatic heterocycles. The second kappa shape index (κ2) is 10.1. The molecule has 29 heavy (non-hydrogen) atoms. The van der Waals surface area contributed by atoms with Crippen molar-refractivity contribution in [3.05, 3.63) is 52.7 Å². The molecule has 2 heterocycles. The molecule has 1 N–H and O–H groups in total. The molecular weight excluding hydrogens is 368 g/mol. The molecule has 7 heteroatoms. The van der Waals surface area contributed by atoms with Crippen LogP contribution in [0.2, 0.25) is 0 Å². The maximum Gasteiger partial charge on any atom is 0.262 e. The van der Waals surface area contributed by atoms with Crippen LogP contribution in [0.1, 0.15) is 41.7 Å². The summed E-state index contributed by atoms with van der Waals surface area (Å²) in [5.74, 6) is 0.356. The number of amides is 1. The predicted molar refractivity (Wildman–Crippen MR) is 112 cm³/mol. The number of carbonyl (C=O) groups is 1. The van der Waals surface area contributed by atoms with Crippen LogP contribution in [0.25, 0.3) is 6.08 Å². The highest BCUT2D eigenvalue weighted by molar-refractivity contribution is 6.01. The highest BCUT2D eigenvalue weighted by Gasteiger charge is 2.20. The second-order valence-corrected chi connectivity index (χ2v) is 7.38. The summed E-state index contributed by atoms with van der Waals surface area (Å²) in [4.78, 5) is 14.6. The number of likely N-dealkylation sites (N-methyl/N-ethyl adjacent to an activating group) is 1. The molecule has 1 amide bonds. The van der Waals surface area contributed by atoms with Gasteiger partial charge >= 0.3 is 0 Å². The molecule has 156 valence electrons. The number of rotatable bonds is 9. The molecule has 2 aromatic rings. The van der Waals surface area contributed by atoms with E-state index in [1.165, 1.54) is 0 Å². The van der Waals surface area contributed by atoms with E-state index in [9.17, 15) is 10.1 Å². The van der Waals surface area contributed by atoms with Gasteiger partial charge in [0.05, 0.1) is 25.0 Å². The van der Waals surface area contributed by atoms with Gasteiger partial charge in [0.2, 0.25) is 0 Å². The smallest absolute Gasteiger partial charge is 0.262 e. The quantitative estimate of drug-likeness (QED) is 0.518. The maximum atomic E-state index is 12.6. The van der Waals surface area contributed by atoms with E-state index in [1.807, 2.05) is 57.1 Å². The lowest BCUT2D eigenvalue weighted by molar-refractivity contribution is -0.117. The molecule has 0 aromatic carbocycles. The minimum Gasteiger partial charge on any atom is -0.468 e. The first kappa shape index (κ1) is 22.5. The second-order valence-electron chi connectivity index (χ2n) is 7.38. The Morgan fingerprint density at radius 2 is 2.17 bits per heavy atom. The first-order valence-corrected chi connectivity index (χ1v) is 9.57. The van der Waals surface area contributed by atoms with Crippen LogP contribution in [0.3, 0.4) is 0 Å². The van der Waals surface area contributed by atoms with E-state index in [0.29, 0.717) is 13.2 Å². The zero-order valence-electron chi connectivity index (χ0n) is 18.0. The topological polar surface area (TPSA) is 83.4 Å². The molecule has 0 bridgehead atoms. The van der Waals surface area contributed by atoms with E-state index in [1.54, 1.807) is 19.4 Å². The van der Waals surface area contributed by atoms with E-state index >= 15 is 0 Å². The molecule has 0 saturated heterocycles. The molecular formula is C22H30N4O3. The van der Waals surface area contributed by atoms with Crippen molar-refractivity contribution in [3.63, 3.8) is 0 Å². The van der Waals surface area contributed by atoms with Crippen molar-refractivity contribution in [2.75, 3.05) is 34.4 Å². The third-order valence-corrected chi connectivity index (χ3v) is 4.99. The first-order valence-electron chi connectivity index (χ1n) is 9.57. The van der Waals surface area contributed by atoms with Crippen LogP contribution in [-0.4, -0.2) is 49.7 Å². The molecule has 0 spiro atoms. The molecule has 2 atom stereocenters. The standard InChI is InChI=1S/C22H30N4O3/c1-15-10-18(17(3)26(15)16(2)14-28-6)11-19(12-23)22(27)24-13-20(25(4)5)21-8-7-9-29-21/h7-11,16,20H,13-14H2,1-6H3,(H,24,27)/b19-11+. The molecule has 0 aliphatic rings. The summed E-state index contributed by atoms with van der Waals surface area (Å²) >= 11 is 0. The molecule has 0 saturated carbocycles. The molecule has 0 aliphatic carbocycles. The SMILES string of the molecule is COCC(C)n1c(C)cc(/C=C(\C#N)C(=O)NCC(c2ccco2)N(C)C)c1C. The zero-order chi connectivity index (χ0) is 21.6. The van der Waals surface area contributed by atoms with Crippen molar-refractivity contribution < 1.29 is 13.9 Å². The van der Waals surface area contributed by atoms with Gasteiger partial charge in [0.25, 0.3) is 5.91 Å². The normalized spacial score (nSPS) is 13.9. The lowest BCUT2D eigenvalue weighted by Crippen LogP contribution is -2.34. The van der Waals surface area contributed by atoms with Gasteiger partial charge in [-0.2, -0.15) is 5.26 Å². The molecule has 0 fully saturated rings. The number of hydrogen-bond donors (Lipinski definition) is 1. The fraction of sp³-hybridized carbons (Fsp3) is 0.455. The first-order chi connectivity index (χ1) is 13.8. The Balaban J connectivity index is 2.18. The van der Waals surface area contributed by atoms with E-state index < -0.39 is 5.91 Å². The van der Waals surface area contributed by atoms with Crippen LogP contribution in [0.4, 0.5) is 0 Å². The summed E-state index contributed by atoms with van der Waals surface area (Å²) in [6.07, 6.45) is 3.25. The Morgan fingerprint density at radius 1 is 1.45 bits per heavy atom. The molecule has 7 nitrogen and oxygen atoms in total. The van der Waals surface area contributed by atoms with Crippen molar-refractivity contribution in [1.29, 1.82) is 5.26 Å². The zero-order valence-corrected chi connectivity index (χ0v) is 18.0. The van der Waals surface area contributed by atoms with Gasteiger partial charge in [0, 0.05) is 25.0 Å². The Kier molecular flexibility index (Phi) is 7.82. The van der Waals surface area contributed by atoms with Gasteiger partial charge < -0.3 is 19.0 Å². The van der Waals surface area contributed by atoms with E-state index in [2.05, 4.69) is 16.8 Å². The summed E-state index contributed by atoms with van der Waals surface area (Å²) in [6, 6.07) is 7.74. The van der Waals surface area contributed by atoms with Gasteiger partial charge in [-0.1, -0.05) is 0 Å². The Hall–Kier alpha value is -2.82. The van der Waals surface area contributed by atoms with Crippen LogP contribution < -0.4 is 5.32 Å². The average Bonchev–Trinajstić information content (AvgIpc) is 3.28. The Morgan fingerprint density at radius 3 is 2.72 bits per heavy atom. The van der Waals surface area contributed by atoms with Gasteiger partial charge in [-0.05, 0) is 64.7 Å². The number of carbonyl (C=O) groups excluding carboxylic acids is 1. The predicted octanol–water partition coefficient (Wildman–Crippen LogP) is 3.23. The number of methoxy groups -OCH3 is 1. The van der Waals surface area contributed by atoms with E-state index in [4.69, 9.17) is 9.15 Å². The monoisotopic (exact) mass is 398 g/mol. The Labute approximate surface area is 172 Å². The third-order valence-electron chi connectivity index (χ3n) is 4.99. The number of nitrogens with zero attached hydrogens (tertiary/aromatic N) is 3. The Bertz CT molecular complexity index is 888. The number of nitriles is 1. The number of ether oxygens (including phenoxy) is 1. The highest BCUT2D eigenvalue weighted by Crippen LogP contribution is 2.23. The van der Waals surface area contributed by atoms with E-state index in [-0.39, 0.29) is 17.7 Å². The van der Waals surface area contributed by atoms with Crippen LogP contribution in [0.5, 0.6) is 0 Å². The summed E-state index contributed by atoms with van der Waals surface area (Å²) in [5.41, 5.74) is 2.98. The van der Waals surface area contributed by atoms with Gasteiger partial charge in [0.1, 0.15) is 17.4 Å². The van der Waals surface area contributed by atoms with Crippen LogP contribution >= 0.6 is 0 Å². The van der Waals surface area contributed by atoms with Crippen LogP contribution in [0, 0.1) is 25.2 Å². The summed E-state index contributed by atoms with van der Waals surface area (Å²) < 4.78 is 12.9. The van der Waals surface area contributed by atoms with Crippen molar-refractivity contribution in [3.8, 4) is 6.07 Å². The van der Waals surface area contributed by atoms with Crippen LogP contribution in [-0.2, 0) is 9.53 Å². The largest absolute Gasteiger partial charge is 0.468 e. The summed E-state index contributed by atoms with van der Waals surface area (Å²) in [5, 5.41) is 12.4. The average molecular weight is 399 g/mol. The number of furan rings is 1. The maximum absolute atomic E-state index is 12.6.